The second-order valence-corrected chi connectivity index (χ2v) is 14.2. The smallest absolute Gasteiger partial charge is 0.346 e. The van der Waals surface area contributed by atoms with Crippen LogP contribution in [0.15, 0.2) is 72.8 Å². The van der Waals surface area contributed by atoms with Crippen molar-refractivity contribution < 1.29 is 28.7 Å². The molecule has 0 bridgehead atoms. The van der Waals surface area contributed by atoms with Crippen molar-refractivity contribution in [1.82, 2.24) is 0 Å². The van der Waals surface area contributed by atoms with Crippen molar-refractivity contribution in [3.63, 3.8) is 0 Å². The molecular formula is C46H62O6. The van der Waals surface area contributed by atoms with Gasteiger partial charge in [-0.15, -0.1) is 0 Å². The standard InChI is InChI=1S/C46H62O6/c1-3-5-7-9-11-13-15-17-19-21-23-37-25-29-39(30-26-37)43(47)51-45(49)41-33-35-42(36-34-41)46(50)52-44(48)40-31-27-38(28-32-40)24-22-20-18-16-14-12-10-8-6-4-2/h25-36H,3-24H2,1-2H3. The Kier molecular flexibility index (Phi) is 21.0. The maximum atomic E-state index is 12.6. The SMILES string of the molecule is CCCCCCCCCCCCc1ccc(C(=O)OC(=O)c2ccc(C(=O)OC(=O)c3ccc(CCCCCCCCCCCC)cc3)cc2)cc1. The topological polar surface area (TPSA) is 86.7 Å². The molecule has 282 valence electrons. The highest BCUT2D eigenvalue weighted by atomic mass is 16.6. The Morgan fingerprint density at radius 1 is 0.327 bits per heavy atom. The summed E-state index contributed by atoms with van der Waals surface area (Å²) in [6, 6.07) is 19.8. The molecule has 0 heterocycles. The van der Waals surface area contributed by atoms with Gasteiger partial charge in [0.05, 0.1) is 22.3 Å². The molecule has 0 radical (unpaired) electrons. The minimum atomic E-state index is -0.826. The van der Waals surface area contributed by atoms with E-state index in [-0.39, 0.29) is 11.1 Å². The van der Waals surface area contributed by atoms with Gasteiger partial charge in [0.15, 0.2) is 0 Å². The van der Waals surface area contributed by atoms with Gasteiger partial charge in [0, 0.05) is 0 Å². The highest BCUT2D eigenvalue weighted by molar-refractivity contribution is 6.04. The molecule has 0 atom stereocenters. The van der Waals surface area contributed by atoms with Crippen LogP contribution in [0.2, 0.25) is 0 Å². The molecular weight excluding hydrogens is 648 g/mol. The van der Waals surface area contributed by atoms with Crippen LogP contribution in [0.1, 0.15) is 195 Å². The Morgan fingerprint density at radius 2 is 0.538 bits per heavy atom. The van der Waals surface area contributed by atoms with E-state index in [2.05, 4.69) is 13.8 Å². The summed E-state index contributed by atoms with van der Waals surface area (Å²) in [6.45, 7) is 4.49. The van der Waals surface area contributed by atoms with Crippen LogP contribution in [0, 0.1) is 0 Å². The van der Waals surface area contributed by atoms with Gasteiger partial charge >= 0.3 is 23.9 Å². The second-order valence-electron chi connectivity index (χ2n) is 14.2. The third kappa shape index (κ3) is 17.0. The summed E-state index contributed by atoms with van der Waals surface area (Å²) in [6.07, 6.45) is 27.7. The second kappa shape index (κ2) is 25.8. The number of aryl methyl sites for hydroxylation is 2. The molecule has 0 saturated heterocycles. The summed E-state index contributed by atoms with van der Waals surface area (Å²) in [5.74, 6) is -3.13. The van der Waals surface area contributed by atoms with Crippen LogP contribution in [-0.2, 0) is 22.3 Å². The summed E-state index contributed by atoms with van der Waals surface area (Å²) in [5.41, 5.74) is 3.11. The molecule has 0 spiro atoms. The molecule has 6 nitrogen and oxygen atoms in total. The highest BCUT2D eigenvalue weighted by Crippen LogP contribution is 2.17. The van der Waals surface area contributed by atoms with Gasteiger partial charge in [-0.1, -0.05) is 154 Å². The van der Waals surface area contributed by atoms with Crippen LogP contribution < -0.4 is 0 Å². The lowest BCUT2D eigenvalue weighted by molar-refractivity contribution is 0.0376. The van der Waals surface area contributed by atoms with Crippen molar-refractivity contribution in [2.45, 2.75) is 155 Å². The molecule has 6 heteroatoms. The first kappa shape index (κ1) is 42.4. The van der Waals surface area contributed by atoms with Crippen molar-refractivity contribution in [2.24, 2.45) is 0 Å². The van der Waals surface area contributed by atoms with Gasteiger partial charge in [-0.05, 0) is 85.3 Å². The third-order valence-electron chi connectivity index (χ3n) is 9.74. The van der Waals surface area contributed by atoms with Crippen molar-refractivity contribution >= 4 is 23.9 Å². The Morgan fingerprint density at radius 3 is 0.788 bits per heavy atom. The molecule has 3 rings (SSSR count). The Hall–Kier alpha value is -4.06. The van der Waals surface area contributed by atoms with Gasteiger partial charge < -0.3 is 9.47 Å². The average Bonchev–Trinajstić information content (AvgIpc) is 3.16. The minimum absolute atomic E-state index is 0.104. The fourth-order valence-corrected chi connectivity index (χ4v) is 6.39. The van der Waals surface area contributed by atoms with E-state index in [4.69, 9.17) is 9.47 Å². The van der Waals surface area contributed by atoms with Gasteiger partial charge in [-0.25, -0.2) is 19.2 Å². The van der Waals surface area contributed by atoms with E-state index < -0.39 is 23.9 Å². The minimum Gasteiger partial charge on any atom is -0.386 e. The number of rotatable bonds is 26. The van der Waals surface area contributed by atoms with Crippen LogP contribution >= 0.6 is 0 Å². The Bertz CT molecular complexity index is 1340. The lowest BCUT2D eigenvalue weighted by atomic mass is 10.0. The quantitative estimate of drug-likeness (QED) is 0.0468. The van der Waals surface area contributed by atoms with Gasteiger partial charge in [0.25, 0.3) is 0 Å². The van der Waals surface area contributed by atoms with Gasteiger partial charge in [-0.3, -0.25) is 0 Å². The molecule has 52 heavy (non-hydrogen) atoms. The van der Waals surface area contributed by atoms with Crippen LogP contribution in [0.3, 0.4) is 0 Å². The summed E-state index contributed by atoms with van der Waals surface area (Å²) in [5, 5.41) is 0. The van der Waals surface area contributed by atoms with Crippen LogP contribution in [-0.4, -0.2) is 23.9 Å². The summed E-state index contributed by atoms with van der Waals surface area (Å²) in [4.78, 5) is 50.5. The zero-order chi connectivity index (χ0) is 37.2. The van der Waals surface area contributed by atoms with Gasteiger partial charge in [0.1, 0.15) is 0 Å². The molecule has 3 aromatic rings. The molecule has 3 aromatic carbocycles. The number of esters is 4. The molecule has 0 aliphatic heterocycles. The molecule has 0 N–H and O–H groups in total. The van der Waals surface area contributed by atoms with Crippen molar-refractivity contribution in [1.29, 1.82) is 0 Å². The van der Waals surface area contributed by atoms with Crippen molar-refractivity contribution in [3.8, 4) is 0 Å². The van der Waals surface area contributed by atoms with E-state index in [1.807, 2.05) is 24.3 Å². The van der Waals surface area contributed by atoms with Crippen molar-refractivity contribution in [3.05, 3.63) is 106 Å². The average molecular weight is 711 g/mol. The molecule has 0 saturated carbocycles. The fraction of sp³-hybridized carbons (Fsp3) is 0.522. The zero-order valence-electron chi connectivity index (χ0n) is 31.9. The normalized spacial score (nSPS) is 11.0. The number of unbranched alkanes of at least 4 members (excludes halogenated alkanes) is 18. The molecule has 0 fully saturated rings. The van der Waals surface area contributed by atoms with Crippen molar-refractivity contribution in [2.75, 3.05) is 0 Å². The predicted octanol–water partition coefficient (Wildman–Crippen LogP) is 12.6. The van der Waals surface area contributed by atoms with E-state index in [0.29, 0.717) is 11.1 Å². The maximum absolute atomic E-state index is 12.6. The van der Waals surface area contributed by atoms with E-state index in [9.17, 15) is 19.2 Å². The first-order valence-electron chi connectivity index (χ1n) is 20.2. The van der Waals surface area contributed by atoms with Crippen LogP contribution in [0.4, 0.5) is 0 Å². The number of hydrogen-bond acceptors (Lipinski definition) is 6. The molecule has 0 aliphatic rings. The number of ether oxygens (including phenoxy) is 2. The third-order valence-corrected chi connectivity index (χ3v) is 9.74. The lowest BCUT2D eigenvalue weighted by Crippen LogP contribution is -2.14. The monoisotopic (exact) mass is 710 g/mol. The first-order chi connectivity index (χ1) is 25.4. The van der Waals surface area contributed by atoms with E-state index >= 15 is 0 Å². The van der Waals surface area contributed by atoms with Crippen LogP contribution in [0.5, 0.6) is 0 Å². The number of carbonyl (C=O) groups is 4. The number of carbonyl (C=O) groups excluding carboxylic acids is 4. The molecule has 0 unspecified atom stereocenters. The van der Waals surface area contributed by atoms with E-state index in [1.54, 1.807) is 24.3 Å². The summed E-state index contributed by atoms with van der Waals surface area (Å²) in [7, 11) is 0. The molecule has 0 aromatic heterocycles. The summed E-state index contributed by atoms with van der Waals surface area (Å²) >= 11 is 0. The number of hydrogen-bond donors (Lipinski definition) is 0. The van der Waals surface area contributed by atoms with Gasteiger partial charge in [0.2, 0.25) is 0 Å². The highest BCUT2D eigenvalue weighted by Gasteiger charge is 2.18. The molecule has 0 aliphatic carbocycles. The Labute approximate surface area is 313 Å². The number of benzene rings is 3. The lowest BCUT2D eigenvalue weighted by Gasteiger charge is -2.07. The fourth-order valence-electron chi connectivity index (χ4n) is 6.39. The predicted molar refractivity (Wildman–Crippen MR) is 210 cm³/mol. The zero-order valence-corrected chi connectivity index (χ0v) is 31.9. The Balaban J connectivity index is 1.32. The largest absolute Gasteiger partial charge is 0.386 e. The van der Waals surface area contributed by atoms with E-state index in [0.717, 1.165) is 36.8 Å². The molecule has 0 amide bonds. The first-order valence-corrected chi connectivity index (χ1v) is 20.2. The van der Waals surface area contributed by atoms with E-state index in [1.165, 1.54) is 140 Å². The van der Waals surface area contributed by atoms with Crippen LogP contribution in [0.25, 0.3) is 0 Å². The summed E-state index contributed by atoms with van der Waals surface area (Å²) < 4.78 is 10.1. The van der Waals surface area contributed by atoms with Gasteiger partial charge in [-0.2, -0.15) is 0 Å². The maximum Gasteiger partial charge on any atom is 0.346 e.